The molecule has 14 heteroatoms. The first-order valence-electron chi connectivity index (χ1n) is 10.7. The molecule has 14 nitrogen and oxygen atoms in total. The lowest BCUT2D eigenvalue weighted by Gasteiger charge is -2.26. The van der Waals surface area contributed by atoms with Crippen molar-refractivity contribution in [2.75, 3.05) is 13.1 Å². The van der Waals surface area contributed by atoms with E-state index in [1.165, 1.54) is 13.8 Å². The van der Waals surface area contributed by atoms with Gasteiger partial charge in [-0.05, 0) is 46.1 Å². The molecule has 0 saturated carbocycles. The highest BCUT2D eigenvalue weighted by molar-refractivity contribution is 5.94. The van der Waals surface area contributed by atoms with Crippen LogP contribution in [-0.4, -0.2) is 83.2 Å². The van der Waals surface area contributed by atoms with Crippen LogP contribution in [0, 0.1) is 0 Å². The van der Waals surface area contributed by atoms with Gasteiger partial charge < -0.3 is 49.1 Å². The molecular weight excluding hydrogens is 436 g/mol. The van der Waals surface area contributed by atoms with E-state index in [-0.39, 0.29) is 25.3 Å². The first-order chi connectivity index (χ1) is 15.4. The predicted molar refractivity (Wildman–Crippen MR) is 122 cm³/mol. The Morgan fingerprint density at radius 1 is 0.909 bits per heavy atom. The zero-order valence-corrected chi connectivity index (χ0v) is 19.1. The summed E-state index contributed by atoms with van der Waals surface area (Å²) in [5.41, 5.74) is 21.8. The van der Waals surface area contributed by atoms with E-state index in [0.717, 1.165) is 0 Å². The van der Waals surface area contributed by atoms with Gasteiger partial charge in [0, 0.05) is 6.54 Å². The summed E-state index contributed by atoms with van der Waals surface area (Å²) in [6.45, 7) is 3.19. The van der Waals surface area contributed by atoms with Gasteiger partial charge in [0.15, 0.2) is 5.96 Å². The van der Waals surface area contributed by atoms with E-state index < -0.39 is 54.0 Å². The number of aliphatic hydroxyl groups excluding tert-OH is 1. The Hall–Kier alpha value is -2.97. The van der Waals surface area contributed by atoms with E-state index in [1.54, 1.807) is 0 Å². The second kappa shape index (κ2) is 15.8. The Labute approximate surface area is 192 Å². The number of hydrogen-bond acceptors (Lipinski definition) is 8. The van der Waals surface area contributed by atoms with Gasteiger partial charge in [-0.25, -0.2) is 0 Å². The topological polar surface area (TPSA) is 261 Å². The molecule has 0 spiro atoms. The third-order valence-electron chi connectivity index (χ3n) is 4.68. The summed E-state index contributed by atoms with van der Waals surface area (Å²) in [4.78, 5) is 52.5. The fourth-order valence-electron chi connectivity index (χ4n) is 2.71. The van der Waals surface area contributed by atoms with E-state index in [2.05, 4.69) is 20.9 Å². The van der Waals surface area contributed by atoms with Crippen molar-refractivity contribution in [3.63, 3.8) is 0 Å². The molecule has 0 aromatic rings. The lowest BCUT2D eigenvalue weighted by molar-refractivity contribution is -0.142. The van der Waals surface area contributed by atoms with Crippen molar-refractivity contribution in [1.82, 2.24) is 16.0 Å². The molecule has 0 rings (SSSR count). The maximum Gasteiger partial charge on any atom is 0.325 e. The zero-order chi connectivity index (χ0) is 25.6. The predicted octanol–water partition coefficient (Wildman–Crippen LogP) is -3.56. The molecule has 0 bridgehead atoms. The molecule has 33 heavy (non-hydrogen) atoms. The zero-order valence-electron chi connectivity index (χ0n) is 19.1. The number of carbonyl (C=O) groups is 4. The van der Waals surface area contributed by atoms with E-state index in [4.69, 9.17) is 28.0 Å². The third kappa shape index (κ3) is 12.6. The highest BCUT2D eigenvalue weighted by atomic mass is 16.4. The molecule has 0 aliphatic carbocycles. The van der Waals surface area contributed by atoms with Crippen LogP contribution in [0.5, 0.6) is 0 Å². The highest BCUT2D eigenvalue weighted by Crippen LogP contribution is 2.04. The Kier molecular flexibility index (Phi) is 14.4. The van der Waals surface area contributed by atoms with Crippen LogP contribution in [-0.2, 0) is 19.2 Å². The number of carbonyl (C=O) groups excluding carboxylic acids is 3. The van der Waals surface area contributed by atoms with Gasteiger partial charge in [-0.3, -0.25) is 24.2 Å². The number of nitrogens with zero attached hydrogens (tertiary/aromatic N) is 1. The second-order valence-corrected chi connectivity index (χ2v) is 7.70. The van der Waals surface area contributed by atoms with Crippen LogP contribution in [0.1, 0.15) is 46.0 Å². The van der Waals surface area contributed by atoms with Crippen LogP contribution in [0.2, 0.25) is 0 Å². The Bertz CT molecular complexity index is 683. The maximum atomic E-state index is 12.8. The molecule has 3 amide bonds. The van der Waals surface area contributed by atoms with E-state index in [9.17, 15) is 24.3 Å². The van der Waals surface area contributed by atoms with Crippen LogP contribution >= 0.6 is 0 Å². The number of aliphatic carboxylic acids is 1. The van der Waals surface area contributed by atoms with Crippen LogP contribution in [0.15, 0.2) is 4.99 Å². The van der Waals surface area contributed by atoms with Crippen molar-refractivity contribution in [2.24, 2.45) is 27.9 Å². The van der Waals surface area contributed by atoms with Crippen molar-refractivity contribution in [3.8, 4) is 0 Å². The number of rotatable bonds is 16. The summed E-state index contributed by atoms with van der Waals surface area (Å²) in [5, 5.41) is 26.1. The number of guanidine groups is 1. The average molecular weight is 475 g/mol. The highest BCUT2D eigenvalue weighted by Gasteiger charge is 2.31. The number of aliphatic imine (C=N–C) groups is 1. The number of hydrogen-bond donors (Lipinski definition) is 9. The first-order valence-corrected chi connectivity index (χ1v) is 10.7. The van der Waals surface area contributed by atoms with Crippen molar-refractivity contribution in [2.45, 2.75) is 76.2 Å². The monoisotopic (exact) mass is 474 g/mol. The smallest absolute Gasteiger partial charge is 0.325 e. The van der Waals surface area contributed by atoms with Crippen molar-refractivity contribution in [3.05, 3.63) is 0 Å². The summed E-state index contributed by atoms with van der Waals surface area (Å²) in [6.07, 6.45) is 0.715. The lowest BCUT2D eigenvalue weighted by Crippen LogP contribution is -2.59. The number of nitrogens with one attached hydrogen (secondary N) is 3. The Morgan fingerprint density at radius 3 is 2.06 bits per heavy atom. The van der Waals surface area contributed by atoms with E-state index in [0.29, 0.717) is 25.8 Å². The Balaban J connectivity index is 5.28. The van der Waals surface area contributed by atoms with E-state index in [1.807, 2.05) is 0 Å². The fraction of sp³-hybridized carbons (Fsp3) is 0.737. The van der Waals surface area contributed by atoms with Gasteiger partial charge in [-0.1, -0.05) is 6.42 Å². The number of nitrogens with two attached hydrogens (primary N) is 4. The third-order valence-corrected chi connectivity index (χ3v) is 4.68. The fourth-order valence-corrected chi connectivity index (χ4v) is 2.71. The standard InChI is InChI=1S/C19H38N8O6/c1-10(18(32)33)25-16(30)13(7-5-9-24-19(22)23)26-17(31)14(11(2)28)27-15(29)12(21)6-3-4-8-20/h10-14,28H,3-9,20-21H2,1-2H3,(H,25,30)(H,26,31)(H,27,29)(H,32,33)(H4,22,23,24). The van der Waals surface area contributed by atoms with Gasteiger partial charge in [-0.2, -0.15) is 0 Å². The minimum absolute atomic E-state index is 0.0692. The van der Waals surface area contributed by atoms with Crippen LogP contribution < -0.4 is 38.9 Å². The number of aliphatic hydroxyl groups is 1. The first kappa shape index (κ1) is 30.0. The van der Waals surface area contributed by atoms with Crippen molar-refractivity contribution >= 4 is 29.7 Å². The largest absolute Gasteiger partial charge is 0.480 e. The molecule has 0 heterocycles. The molecule has 0 saturated heterocycles. The minimum Gasteiger partial charge on any atom is -0.480 e. The summed E-state index contributed by atoms with van der Waals surface area (Å²) in [6, 6.07) is -4.65. The normalized spacial score (nSPS) is 15.3. The van der Waals surface area contributed by atoms with Crippen LogP contribution in [0.25, 0.3) is 0 Å². The average Bonchev–Trinajstić information content (AvgIpc) is 2.73. The Morgan fingerprint density at radius 2 is 1.55 bits per heavy atom. The van der Waals surface area contributed by atoms with Gasteiger partial charge in [0.1, 0.15) is 18.1 Å². The van der Waals surface area contributed by atoms with Crippen molar-refractivity contribution < 1.29 is 29.4 Å². The maximum absolute atomic E-state index is 12.8. The molecule has 0 aromatic carbocycles. The van der Waals surface area contributed by atoms with Gasteiger partial charge in [0.2, 0.25) is 17.7 Å². The lowest BCUT2D eigenvalue weighted by atomic mass is 10.1. The number of amides is 3. The van der Waals surface area contributed by atoms with Crippen LogP contribution in [0.3, 0.4) is 0 Å². The molecule has 5 unspecified atom stereocenters. The molecule has 0 fully saturated rings. The van der Waals surface area contributed by atoms with Crippen LogP contribution in [0.4, 0.5) is 0 Å². The number of unbranched alkanes of at least 4 members (excludes halogenated alkanes) is 1. The SMILES string of the molecule is CC(NC(=O)C(CCCN=C(N)N)NC(=O)C(NC(=O)C(N)CCCCN)C(C)O)C(=O)O. The molecule has 190 valence electrons. The molecule has 13 N–H and O–H groups in total. The van der Waals surface area contributed by atoms with Gasteiger partial charge >= 0.3 is 5.97 Å². The molecule has 0 aliphatic rings. The minimum atomic E-state index is -1.39. The quantitative estimate of drug-likeness (QED) is 0.0603. The second-order valence-electron chi connectivity index (χ2n) is 7.70. The summed E-state index contributed by atoms with van der Waals surface area (Å²) >= 11 is 0. The van der Waals surface area contributed by atoms with Gasteiger partial charge in [0.05, 0.1) is 12.1 Å². The molecule has 5 atom stereocenters. The van der Waals surface area contributed by atoms with E-state index >= 15 is 0 Å². The van der Waals surface area contributed by atoms with Crippen molar-refractivity contribution in [1.29, 1.82) is 0 Å². The number of carboxylic acids is 1. The number of carboxylic acid groups (broad SMARTS) is 1. The summed E-state index contributed by atoms with van der Waals surface area (Å²) < 4.78 is 0. The van der Waals surface area contributed by atoms with Gasteiger partial charge in [-0.15, -0.1) is 0 Å². The molecule has 0 aromatic heterocycles. The molecule has 0 aliphatic heterocycles. The molecule has 0 radical (unpaired) electrons. The summed E-state index contributed by atoms with van der Waals surface area (Å²) in [7, 11) is 0. The van der Waals surface area contributed by atoms with Gasteiger partial charge in [0.25, 0.3) is 0 Å². The molecular formula is C19H38N8O6. The summed E-state index contributed by atoms with van der Waals surface area (Å²) in [5.74, 6) is -3.62.